The first-order chi connectivity index (χ1) is 9.44. The number of carbonyl (C=O) groups excluding carboxylic acids is 1. The molecule has 0 unspecified atom stereocenters. The molecular weight excluding hydrogens is 252 g/mol. The second-order valence-electron chi connectivity index (χ2n) is 6.98. The second kappa shape index (κ2) is 6.13. The number of hydrogen-bond acceptors (Lipinski definition) is 3. The maximum absolute atomic E-state index is 12.5. The zero-order chi connectivity index (χ0) is 14.8. The Bertz CT molecular complexity index is 400. The van der Waals surface area contributed by atoms with E-state index in [0.717, 1.165) is 45.1 Å². The smallest absolute Gasteiger partial charge is 0.224 e. The molecule has 0 aromatic rings. The third kappa shape index (κ3) is 3.32. The molecular formula is C16H26N2O2. The van der Waals surface area contributed by atoms with Gasteiger partial charge >= 0.3 is 0 Å². The lowest BCUT2D eigenvalue weighted by Gasteiger charge is -2.37. The van der Waals surface area contributed by atoms with E-state index in [2.05, 4.69) is 6.07 Å². The molecule has 1 saturated heterocycles. The molecule has 2 fully saturated rings. The fourth-order valence-electron chi connectivity index (χ4n) is 3.66. The van der Waals surface area contributed by atoms with Crippen molar-refractivity contribution in [3.63, 3.8) is 0 Å². The summed E-state index contributed by atoms with van der Waals surface area (Å²) < 4.78 is 0. The number of amides is 1. The molecule has 1 aliphatic carbocycles. The highest BCUT2D eigenvalue weighted by Gasteiger charge is 2.39. The Morgan fingerprint density at radius 2 is 2.00 bits per heavy atom. The second-order valence-corrected chi connectivity index (χ2v) is 6.98. The SMILES string of the molecule is CC(C)(C#N)CC(=O)N1CCC[C@@H]1[C@H]1CCCC[C@@H]1O. The molecule has 1 N–H and O–H groups in total. The van der Waals surface area contributed by atoms with E-state index < -0.39 is 5.41 Å². The highest BCUT2D eigenvalue weighted by atomic mass is 16.3. The Hall–Kier alpha value is -1.08. The van der Waals surface area contributed by atoms with Gasteiger partial charge in [0.15, 0.2) is 0 Å². The molecule has 112 valence electrons. The van der Waals surface area contributed by atoms with Gasteiger partial charge in [0.05, 0.1) is 17.6 Å². The Morgan fingerprint density at radius 3 is 2.65 bits per heavy atom. The summed E-state index contributed by atoms with van der Waals surface area (Å²) in [6, 6.07) is 2.39. The molecule has 20 heavy (non-hydrogen) atoms. The minimum absolute atomic E-state index is 0.0804. The van der Waals surface area contributed by atoms with Crippen LogP contribution in [0.4, 0.5) is 0 Å². The average molecular weight is 278 g/mol. The number of nitrogens with zero attached hydrogens (tertiary/aromatic N) is 2. The number of aliphatic hydroxyl groups is 1. The Kier molecular flexibility index (Phi) is 4.70. The zero-order valence-corrected chi connectivity index (χ0v) is 12.6. The predicted octanol–water partition coefficient (Wildman–Crippen LogP) is 2.47. The van der Waals surface area contributed by atoms with Crippen molar-refractivity contribution in [3.8, 4) is 6.07 Å². The molecule has 1 heterocycles. The van der Waals surface area contributed by atoms with Crippen LogP contribution >= 0.6 is 0 Å². The van der Waals surface area contributed by atoms with Gasteiger partial charge < -0.3 is 10.0 Å². The Balaban J connectivity index is 2.03. The topological polar surface area (TPSA) is 64.3 Å². The van der Waals surface area contributed by atoms with Gasteiger partial charge in [-0.25, -0.2) is 0 Å². The van der Waals surface area contributed by atoms with E-state index >= 15 is 0 Å². The summed E-state index contributed by atoms with van der Waals surface area (Å²) in [5.74, 6) is 0.317. The van der Waals surface area contributed by atoms with Crippen LogP contribution in [0.5, 0.6) is 0 Å². The molecule has 2 rings (SSSR count). The van der Waals surface area contributed by atoms with E-state index in [4.69, 9.17) is 5.26 Å². The Morgan fingerprint density at radius 1 is 1.30 bits per heavy atom. The highest BCUT2D eigenvalue weighted by Crippen LogP contribution is 2.35. The first-order valence-electron chi connectivity index (χ1n) is 7.83. The van der Waals surface area contributed by atoms with Gasteiger partial charge in [-0.05, 0) is 39.5 Å². The van der Waals surface area contributed by atoms with Crippen molar-refractivity contribution in [2.45, 2.75) is 70.9 Å². The summed E-state index contributed by atoms with van der Waals surface area (Å²) >= 11 is 0. The monoisotopic (exact) mass is 278 g/mol. The average Bonchev–Trinajstić information content (AvgIpc) is 2.88. The molecule has 4 heteroatoms. The number of aliphatic hydroxyl groups excluding tert-OH is 1. The van der Waals surface area contributed by atoms with Crippen LogP contribution in [-0.4, -0.2) is 34.6 Å². The number of nitriles is 1. The van der Waals surface area contributed by atoms with Crippen LogP contribution in [0.15, 0.2) is 0 Å². The van der Waals surface area contributed by atoms with Crippen molar-refractivity contribution in [3.05, 3.63) is 0 Å². The van der Waals surface area contributed by atoms with E-state index in [1.807, 2.05) is 18.7 Å². The molecule has 1 amide bonds. The lowest BCUT2D eigenvalue weighted by atomic mass is 9.80. The number of carbonyl (C=O) groups is 1. The highest BCUT2D eigenvalue weighted by molar-refractivity contribution is 5.78. The summed E-state index contributed by atoms with van der Waals surface area (Å²) in [4.78, 5) is 14.4. The lowest BCUT2D eigenvalue weighted by molar-refractivity contribution is -0.135. The standard InChI is InChI=1S/C16H26N2O2/c1-16(2,11-17)10-15(20)18-9-5-7-13(18)12-6-3-4-8-14(12)19/h12-14,19H,3-10H2,1-2H3/t12-,13-,14+/m1/s1. The molecule has 0 spiro atoms. The van der Waals surface area contributed by atoms with Crippen molar-refractivity contribution in [2.24, 2.45) is 11.3 Å². The van der Waals surface area contributed by atoms with Crippen molar-refractivity contribution in [1.29, 1.82) is 5.26 Å². The molecule has 2 aliphatic rings. The number of hydrogen-bond donors (Lipinski definition) is 1. The van der Waals surface area contributed by atoms with Gasteiger partial charge in [0.2, 0.25) is 5.91 Å². The molecule has 1 saturated carbocycles. The zero-order valence-electron chi connectivity index (χ0n) is 12.6. The molecule has 1 aliphatic heterocycles. The number of rotatable bonds is 3. The van der Waals surface area contributed by atoms with Gasteiger partial charge in [-0.15, -0.1) is 0 Å². The van der Waals surface area contributed by atoms with Crippen LogP contribution in [0, 0.1) is 22.7 Å². The normalized spacial score (nSPS) is 31.1. The van der Waals surface area contributed by atoms with E-state index in [1.54, 1.807) is 0 Å². The maximum atomic E-state index is 12.5. The van der Waals surface area contributed by atoms with E-state index in [1.165, 1.54) is 0 Å². The van der Waals surface area contributed by atoms with Crippen LogP contribution in [0.2, 0.25) is 0 Å². The van der Waals surface area contributed by atoms with Crippen LogP contribution in [-0.2, 0) is 4.79 Å². The summed E-state index contributed by atoms with van der Waals surface area (Å²) in [6.07, 6.45) is 6.19. The van der Waals surface area contributed by atoms with E-state index in [9.17, 15) is 9.90 Å². The molecule has 0 aromatic carbocycles. The van der Waals surface area contributed by atoms with Gasteiger partial charge in [-0.1, -0.05) is 12.8 Å². The third-order valence-electron chi connectivity index (χ3n) is 4.79. The van der Waals surface area contributed by atoms with Crippen molar-refractivity contribution in [2.75, 3.05) is 6.54 Å². The summed E-state index contributed by atoms with van der Waals surface area (Å²) in [5.41, 5.74) is -0.602. The van der Waals surface area contributed by atoms with Gasteiger partial charge in [0.25, 0.3) is 0 Å². The lowest BCUT2D eigenvalue weighted by Crippen LogP contribution is -2.46. The molecule has 0 aromatic heterocycles. The third-order valence-corrected chi connectivity index (χ3v) is 4.79. The first-order valence-corrected chi connectivity index (χ1v) is 7.83. The van der Waals surface area contributed by atoms with E-state index in [0.29, 0.717) is 0 Å². The molecule has 0 bridgehead atoms. The summed E-state index contributed by atoms with van der Waals surface area (Å²) in [6.45, 7) is 4.41. The van der Waals surface area contributed by atoms with Gasteiger partial charge in [-0.2, -0.15) is 5.26 Å². The van der Waals surface area contributed by atoms with Crippen molar-refractivity contribution < 1.29 is 9.90 Å². The van der Waals surface area contributed by atoms with Crippen LogP contribution in [0.3, 0.4) is 0 Å². The van der Waals surface area contributed by atoms with Crippen LogP contribution in [0.25, 0.3) is 0 Å². The van der Waals surface area contributed by atoms with Crippen molar-refractivity contribution in [1.82, 2.24) is 4.90 Å². The minimum atomic E-state index is -0.602. The van der Waals surface area contributed by atoms with Crippen LogP contribution in [0.1, 0.15) is 58.8 Å². The van der Waals surface area contributed by atoms with Gasteiger partial charge in [-0.3, -0.25) is 4.79 Å². The molecule has 4 nitrogen and oxygen atoms in total. The Labute approximate surface area is 121 Å². The number of likely N-dealkylation sites (tertiary alicyclic amines) is 1. The van der Waals surface area contributed by atoms with Gasteiger partial charge in [0.1, 0.15) is 0 Å². The maximum Gasteiger partial charge on any atom is 0.224 e. The minimum Gasteiger partial charge on any atom is -0.393 e. The molecule has 0 radical (unpaired) electrons. The summed E-state index contributed by atoms with van der Waals surface area (Å²) in [7, 11) is 0. The first kappa shape index (κ1) is 15.3. The largest absolute Gasteiger partial charge is 0.393 e. The van der Waals surface area contributed by atoms with Gasteiger partial charge in [0, 0.05) is 24.9 Å². The summed E-state index contributed by atoms with van der Waals surface area (Å²) in [5, 5.41) is 19.3. The van der Waals surface area contributed by atoms with Crippen molar-refractivity contribution >= 4 is 5.91 Å². The van der Waals surface area contributed by atoms with E-state index in [-0.39, 0.29) is 30.4 Å². The van der Waals surface area contributed by atoms with Crippen LogP contribution < -0.4 is 0 Å². The fourth-order valence-corrected chi connectivity index (χ4v) is 3.66. The predicted molar refractivity (Wildman–Crippen MR) is 76.7 cm³/mol. The quantitative estimate of drug-likeness (QED) is 0.862. The molecule has 3 atom stereocenters. The fraction of sp³-hybridized carbons (Fsp3) is 0.875.